The Morgan fingerprint density at radius 1 is 0.903 bits per heavy atom. The van der Waals surface area contributed by atoms with E-state index in [4.69, 9.17) is 9.47 Å². The SMILES string of the molecule is COc1cc(/C=C/C(=O)NCCc2ccc(OC)c(OC(F)F)c2)ccc1OC(F)F. The van der Waals surface area contributed by atoms with Crippen molar-refractivity contribution in [1.82, 2.24) is 5.32 Å². The molecule has 0 heterocycles. The van der Waals surface area contributed by atoms with E-state index in [1.807, 2.05) is 0 Å². The van der Waals surface area contributed by atoms with Gasteiger partial charge in [0.15, 0.2) is 23.0 Å². The number of carbonyl (C=O) groups is 1. The van der Waals surface area contributed by atoms with E-state index in [9.17, 15) is 22.4 Å². The molecule has 2 rings (SSSR count). The second-order valence-electron chi connectivity index (χ2n) is 6.03. The molecule has 0 saturated heterocycles. The third-order valence-corrected chi connectivity index (χ3v) is 3.99. The fourth-order valence-corrected chi connectivity index (χ4v) is 2.61. The molecular formula is C21H21F4NO5. The van der Waals surface area contributed by atoms with Crippen LogP contribution in [0.2, 0.25) is 0 Å². The van der Waals surface area contributed by atoms with Gasteiger partial charge in [0, 0.05) is 12.6 Å². The molecule has 0 aliphatic heterocycles. The predicted octanol–water partition coefficient (Wildman–Crippen LogP) is 4.28. The molecule has 0 fully saturated rings. The summed E-state index contributed by atoms with van der Waals surface area (Å²) in [7, 11) is 2.65. The first-order valence-corrected chi connectivity index (χ1v) is 9.03. The first kappa shape index (κ1) is 23.8. The fourth-order valence-electron chi connectivity index (χ4n) is 2.61. The van der Waals surface area contributed by atoms with Crippen LogP contribution in [0, 0.1) is 0 Å². The number of ether oxygens (including phenoxy) is 4. The molecule has 0 aliphatic rings. The number of hydrogen-bond donors (Lipinski definition) is 1. The molecular weight excluding hydrogens is 422 g/mol. The highest BCUT2D eigenvalue weighted by Gasteiger charge is 2.12. The third kappa shape index (κ3) is 7.72. The van der Waals surface area contributed by atoms with Crippen molar-refractivity contribution in [3.8, 4) is 23.0 Å². The second kappa shape index (κ2) is 11.7. The lowest BCUT2D eigenvalue weighted by atomic mass is 10.1. The maximum atomic E-state index is 12.5. The van der Waals surface area contributed by atoms with Crippen LogP contribution in [0.1, 0.15) is 11.1 Å². The number of hydrogen-bond acceptors (Lipinski definition) is 5. The Bertz CT molecular complexity index is 905. The molecule has 1 amide bonds. The molecule has 0 aliphatic carbocycles. The van der Waals surface area contributed by atoms with E-state index in [2.05, 4.69) is 14.8 Å². The van der Waals surface area contributed by atoms with E-state index in [1.54, 1.807) is 6.07 Å². The van der Waals surface area contributed by atoms with Gasteiger partial charge >= 0.3 is 13.2 Å². The van der Waals surface area contributed by atoms with Crippen molar-refractivity contribution < 1.29 is 41.3 Å². The summed E-state index contributed by atoms with van der Waals surface area (Å²) in [6.45, 7) is -5.72. The summed E-state index contributed by atoms with van der Waals surface area (Å²) in [5, 5.41) is 2.66. The quantitative estimate of drug-likeness (QED) is 0.415. The lowest BCUT2D eigenvalue weighted by Gasteiger charge is -2.11. The summed E-state index contributed by atoms with van der Waals surface area (Å²) in [4.78, 5) is 12.0. The van der Waals surface area contributed by atoms with Gasteiger partial charge in [-0.25, -0.2) is 0 Å². The highest BCUT2D eigenvalue weighted by Crippen LogP contribution is 2.30. The Balaban J connectivity index is 1.91. The molecule has 6 nitrogen and oxygen atoms in total. The van der Waals surface area contributed by atoms with Crippen LogP contribution < -0.4 is 24.3 Å². The average molecular weight is 443 g/mol. The van der Waals surface area contributed by atoms with Gasteiger partial charge in [0.2, 0.25) is 5.91 Å². The maximum Gasteiger partial charge on any atom is 0.387 e. The Kier molecular flexibility index (Phi) is 8.98. The zero-order valence-corrected chi connectivity index (χ0v) is 16.7. The summed E-state index contributed by atoms with van der Waals surface area (Å²) in [6, 6.07) is 8.85. The Morgan fingerprint density at radius 3 is 2.19 bits per heavy atom. The van der Waals surface area contributed by atoms with Crippen molar-refractivity contribution >= 4 is 12.0 Å². The summed E-state index contributed by atoms with van der Waals surface area (Å²) in [6.07, 6.45) is 3.12. The molecule has 0 bridgehead atoms. The Morgan fingerprint density at radius 2 is 1.55 bits per heavy atom. The van der Waals surface area contributed by atoms with Crippen LogP contribution >= 0.6 is 0 Å². The maximum absolute atomic E-state index is 12.5. The Hall–Kier alpha value is -3.43. The van der Waals surface area contributed by atoms with Crippen LogP contribution in [-0.2, 0) is 11.2 Å². The minimum atomic E-state index is -2.98. The number of rotatable bonds is 11. The van der Waals surface area contributed by atoms with Gasteiger partial charge in [-0.2, -0.15) is 17.6 Å². The molecule has 10 heteroatoms. The number of carbonyl (C=O) groups excluding carboxylic acids is 1. The van der Waals surface area contributed by atoms with Crippen molar-refractivity contribution in [2.45, 2.75) is 19.6 Å². The number of nitrogens with one attached hydrogen (secondary N) is 1. The van der Waals surface area contributed by atoms with Gasteiger partial charge in [0.05, 0.1) is 14.2 Å². The number of benzene rings is 2. The molecule has 0 aromatic heterocycles. The molecule has 0 unspecified atom stereocenters. The Labute approximate surface area is 176 Å². The highest BCUT2D eigenvalue weighted by atomic mass is 19.3. The van der Waals surface area contributed by atoms with Gasteiger partial charge in [-0.15, -0.1) is 0 Å². The van der Waals surface area contributed by atoms with Gasteiger partial charge in [-0.1, -0.05) is 12.1 Å². The van der Waals surface area contributed by atoms with Crippen LogP contribution in [0.25, 0.3) is 6.08 Å². The first-order valence-electron chi connectivity index (χ1n) is 9.03. The van der Waals surface area contributed by atoms with Crippen molar-refractivity contribution in [2.24, 2.45) is 0 Å². The largest absolute Gasteiger partial charge is 0.493 e. The van der Waals surface area contributed by atoms with Crippen molar-refractivity contribution in [2.75, 3.05) is 20.8 Å². The zero-order chi connectivity index (χ0) is 22.8. The number of methoxy groups -OCH3 is 2. The minimum Gasteiger partial charge on any atom is -0.493 e. The van der Waals surface area contributed by atoms with Crippen molar-refractivity contribution in [3.05, 3.63) is 53.6 Å². The molecule has 2 aromatic rings. The molecule has 1 N–H and O–H groups in total. The van der Waals surface area contributed by atoms with E-state index in [0.29, 0.717) is 17.5 Å². The first-order chi connectivity index (χ1) is 14.8. The van der Waals surface area contributed by atoms with E-state index >= 15 is 0 Å². The predicted molar refractivity (Wildman–Crippen MR) is 105 cm³/mol. The smallest absolute Gasteiger partial charge is 0.387 e. The molecule has 0 radical (unpaired) electrons. The molecule has 0 saturated carbocycles. The number of halogens is 4. The van der Waals surface area contributed by atoms with E-state index < -0.39 is 19.1 Å². The summed E-state index contributed by atoms with van der Waals surface area (Å²) >= 11 is 0. The van der Waals surface area contributed by atoms with Crippen LogP contribution in [0.4, 0.5) is 17.6 Å². The standard InChI is InChI=1S/C21H21F4NO5/c1-28-15-6-3-14(12-18(15)31-21(24)25)9-10-26-19(27)8-5-13-4-7-16(30-20(22)23)17(11-13)29-2/h3-8,11-12,20-21H,9-10H2,1-2H3,(H,26,27)/b8-5+. The molecule has 168 valence electrons. The second-order valence-corrected chi connectivity index (χ2v) is 6.03. The zero-order valence-electron chi connectivity index (χ0n) is 16.7. The molecule has 31 heavy (non-hydrogen) atoms. The normalized spacial score (nSPS) is 11.1. The van der Waals surface area contributed by atoms with Crippen molar-refractivity contribution in [3.63, 3.8) is 0 Å². The average Bonchev–Trinajstić information content (AvgIpc) is 2.72. The van der Waals surface area contributed by atoms with Gasteiger partial charge in [0.25, 0.3) is 0 Å². The number of amides is 1. The van der Waals surface area contributed by atoms with E-state index in [0.717, 1.165) is 0 Å². The van der Waals surface area contributed by atoms with Crippen LogP contribution in [-0.4, -0.2) is 39.9 Å². The third-order valence-electron chi connectivity index (χ3n) is 3.99. The van der Waals surface area contributed by atoms with Crippen molar-refractivity contribution in [1.29, 1.82) is 0 Å². The van der Waals surface area contributed by atoms with Gasteiger partial charge in [-0.05, 0) is 47.9 Å². The van der Waals surface area contributed by atoms with E-state index in [-0.39, 0.29) is 29.5 Å². The number of alkyl halides is 4. The fraction of sp³-hybridized carbons (Fsp3) is 0.286. The van der Waals surface area contributed by atoms with Gasteiger partial charge in [0.1, 0.15) is 0 Å². The van der Waals surface area contributed by atoms with E-state index in [1.165, 1.54) is 56.7 Å². The molecule has 0 atom stereocenters. The lowest BCUT2D eigenvalue weighted by Crippen LogP contribution is -2.23. The van der Waals surface area contributed by atoms with Gasteiger partial charge in [-0.3, -0.25) is 4.79 Å². The lowest BCUT2D eigenvalue weighted by molar-refractivity contribution is -0.116. The molecule has 0 spiro atoms. The van der Waals surface area contributed by atoms with Gasteiger partial charge < -0.3 is 24.3 Å². The highest BCUT2D eigenvalue weighted by molar-refractivity contribution is 5.91. The molecule has 2 aromatic carbocycles. The summed E-state index contributed by atoms with van der Waals surface area (Å²) in [5.74, 6) is -0.326. The minimum absolute atomic E-state index is 0.0885. The summed E-state index contributed by atoms with van der Waals surface area (Å²) < 4.78 is 68.4. The monoisotopic (exact) mass is 443 g/mol. The summed E-state index contributed by atoms with van der Waals surface area (Å²) in [5.41, 5.74) is 1.21. The van der Waals surface area contributed by atoms with Crippen LogP contribution in [0.15, 0.2) is 42.5 Å². The van der Waals surface area contributed by atoms with Crippen LogP contribution in [0.5, 0.6) is 23.0 Å². The van der Waals surface area contributed by atoms with Crippen LogP contribution in [0.3, 0.4) is 0 Å². The topological polar surface area (TPSA) is 66.0 Å².